The van der Waals surface area contributed by atoms with Crippen LogP contribution in [-0.2, 0) is 16.0 Å². The molecule has 0 saturated heterocycles. The molecule has 6 N–H and O–H groups in total. The van der Waals surface area contributed by atoms with E-state index in [1.807, 2.05) is 24.3 Å². The Morgan fingerprint density at radius 1 is 1.29 bits per heavy atom. The molecule has 21 heavy (non-hydrogen) atoms. The highest BCUT2D eigenvalue weighted by Gasteiger charge is 2.40. The largest absolute Gasteiger partial charge is 0.480 e. The van der Waals surface area contributed by atoms with Crippen LogP contribution in [0.2, 0.25) is 0 Å². The van der Waals surface area contributed by atoms with Crippen LogP contribution in [0.5, 0.6) is 0 Å². The summed E-state index contributed by atoms with van der Waals surface area (Å²) in [6.07, 6.45) is -0.828. The molecule has 0 radical (unpaired) electrons. The number of nitrogens with two attached hydrogens (primary N) is 1. The summed E-state index contributed by atoms with van der Waals surface area (Å²) in [6.45, 7) is 0. The summed E-state index contributed by atoms with van der Waals surface area (Å²) >= 11 is 0. The van der Waals surface area contributed by atoms with Gasteiger partial charge in [-0.25, -0.2) is 4.79 Å². The quantitative estimate of drug-likeness (QED) is 0.520. The molecule has 0 aliphatic carbocycles. The van der Waals surface area contributed by atoms with E-state index in [2.05, 4.69) is 4.98 Å². The molecule has 0 aliphatic heterocycles. The maximum absolute atomic E-state index is 11.3. The minimum absolute atomic E-state index is 0.252. The summed E-state index contributed by atoms with van der Waals surface area (Å²) in [5, 5.41) is 29.1. The highest BCUT2D eigenvalue weighted by molar-refractivity contribution is 5.82. The number of nitrogens with one attached hydrogen (secondary N) is 1. The fraction of sp³-hybridized carbons (Fsp3) is 0.286. The van der Waals surface area contributed by atoms with Crippen LogP contribution in [0.1, 0.15) is 12.1 Å². The summed E-state index contributed by atoms with van der Waals surface area (Å²) in [6, 6.07) is 7.60. The second-order valence-electron chi connectivity index (χ2n) is 5.04. The number of carboxylic acid groups (broad SMARTS) is 2. The minimum atomic E-state index is -2.24. The lowest BCUT2D eigenvalue weighted by Gasteiger charge is -2.24. The smallest absolute Gasteiger partial charge is 0.336 e. The summed E-state index contributed by atoms with van der Waals surface area (Å²) in [4.78, 5) is 25.0. The van der Waals surface area contributed by atoms with Crippen LogP contribution in [0.4, 0.5) is 0 Å². The van der Waals surface area contributed by atoms with Crippen molar-refractivity contribution >= 4 is 22.8 Å². The third-order valence-electron chi connectivity index (χ3n) is 3.34. The van der Waals surface area contributed by atoms with Gasteiger partial charge in [-0.15, -0.1) is 0 Å². The third-order valence-corrected chi connectivity index (χ3v) is 3.34. The standard InChI is InChI=1S/C14H16N2O5/c15-10(12(17)18)7-14(21,13(19)20)6-9-5-8-3-1-2-4-11(8)16-9/h1-5,10,16,21H,6-7,15H2,(H,17,18)(H,19,20). The minimum Gasteiger partial charge on any atom is -0.480 e. The van der Waals surface area contributed by atoms with E-state index in [1.165, 1.54) is 0 Å². The van der Waals surface area contributed by atoms with Gasteiger partial charge in [-0.1, -0.05) is 18.2 Å². The first-order valence-corrected chi connectivity index (χ1v) is 6.32. The zero-order valence-corrected chi connectivity index (χ0v) is 11.1. The number of aromatic amines is 1. The van der Waals surface area contributed by atoms with Crippen molar-refractivity contribution < 1.29 is 24.9 Å². The van der Waals surface area contributed by atoms with Gasteiger partial charge in [0.15, 0.2) is 5.60 Å². The number of hydrogen-bond donors (Lipinski definition) is 5. The lowest BCUT2D eigenvalue weighted by atomic mass is 9.90. The maximum Gasteiger partial charge on any atom is 0.336 e. The number of benzene rings is 1. The molecule has 0 spiro atoms. The SMILES string of the molecule is NC(CC(O)(Cc1cc2ccccc2[nH]1)C(=O)O)C(=O)O. The number of aromatic nitrogens is 1. The second-order valence-corrected chi connectivity index (χ2v) is 5.04. The monoisotopic (exact) mass is 292 g/mol. The van der Waals surface area contributed by atoms with E-state index in [4.69, 9.17) is 10.8 Å². The zero-order valence-electron chi connectivity index (χ0n) is 11.1. The zero-order chi connectivity index (χ0) is 15.6. The first-order valence-electron chi connectivity index (χ1n) is 6.32. The molecule has 0 bridgehead atoms. The van der Waals surface area contributed by atoms with Crippen LogP contribution in [0.15, 0.2) is 30.3 Å². The summed E-state index contributed by atoms with van der Waals surface area (Å²) in [7, 11) is 0. The Balaban J connectivity index is 2.26. The van der Waals surface area contributed by atoms with Gasteiger partial charge < -0.3 is 26.0 Å². The number of rotatable bonds is 6. The number of H-pyrrole nitrogens is 1. The fourth-order valence-corrected chi connectivity index (χ4v) is 2.23. The average molecular weight is 292 g/mol. The lowest BCUT2D eigenvalue weighted by Crippen LogP contribution is -2.48. The van der Waals surface area contributed by atoms with Crippen molar-refractivity contribution in [1.29, 1.82) is 0 Å². The van der Waals surface area contributed by atoms with E-state index in [0.29, 0.717) is 5.69 Å². The molecule has 2 atom stereocenters. The third kappa shape index (κ3) is 3.21. The molecule has 2 unspecified atom stereocenters. The number of carbonyl (C=O) groups is 2. The van der Waals surface area contributed by atoms with Crippen molar-refractivity contribution in [2.75, 3.05) is 0 Å². The highest BCUT2D eigenvalue weighted by Crippen LogP contribution is 2.22. The van der Waals surface area contributed by atoms with E-state index in [0.717, 1.165) is 10.9 Å². The number of fused-ring (bicyclic) bond motifs is 1. The first-order chi connectivity index (χ1) is 9.82. The van der Waals surface area contributed by atoms with Crippen molar-refractivity contribution in [3.8, 4) is 0 Å². The second kappa shape index (κ2) is 5.55. The molecular weight excluding hydrogens is 276 g/mol. The first kappa shape index (κ1) is 15.0. The number of carboxylic acids is 2. The van der Waals surface area contributed by atoms with Gasteiger partial charge in [0.05, 0.1) is 0 Å². The number of para-hydroxylation sites is 1. The maximum atomic E-state index is 11.3. The topological polar surface area (TPSA) is 137 Å². The van der Waals surface area contributed by atoms with Crippen molar-refractivity contribution in [3.63, 3.8) is 0 Å². The molecule has 0 amide bonds. The molecule has 2 aromatic rings. The van der Waals surface area contributed by atoms with E-state index in [1.54, 1.807) is 6.07 Å². The predicted octanol–water partition coefficient (Wildman–Crippen LogP) is 0.328. The number of hydrogen-bond acceptors (Lipinski definition) is 4. The van der Waals surface area contributed by atoms with E-state index < -0.39 is 30.0 Å². The van der Waals surface area contributed by atoms with Gasteiger partial charge in [0, 0.05) is 24.1 Å². The van der Waals surface area contributed by atoms with Gasteiger partial charge in [-0.3, -0.25) is 4.79 Å². The van der Waals surface area contributed by atoms with Crippen molar-refractivity contribution in [2.24, 2.45) is 5.73 Å². The van der Waals surface area contributed by atoms with Crippen molar-refractivity contribution in [2.45, 2.75) is 24.5 Å². The van der Waals surface area contributed by atoms with Crippen LogP contribution in [0.3, 0.4) is 0 Å². The van der Waals surface area contributed by atoms with Crippen LogP contribution in [-0.4, -0.2) is 43.9 Å². The Morgan fingerprint density at radius 3 is 2.52 bits per heavy atom. The van der Waals surface area contributed by atoms with Crippen molar-refractivity contribution in [3.05, 3.63) is 36.0 Å². The number of aliphatic carboxylic acids is 2. The van der Waals surface area contributed by atoms with Gasteiger partial charge in [0.25, 0.3) is 0 Å². The average Bonchev–Trinajstić information content (AvgIpc) is 2.79. The predicted molar refractivity (Wildman–Crippen MR) is 74.8 cm³/mol. The van der Waals surface area contributed by atoms with Crippen LogP contribution in [0, 0.1) is 0 Å². The van der Waals surface area contributed by atoms with E-state index in [-0.39, 0.29) is 6.42 Å². The van der Waals surface area contributed by atoms with E-state index in [9.17, 15) is 19.8 Å². The molecule has 2 rings (SSSR count). The van der Waals surface area contributed by atoms with Gasteiger partial charge >= 0.3 is 11.9 Å². The molecule has 0 fully saturated rings. The molecule has 1 aromatic heterocycles. The van der Waals surface area contributed by atoms with Crippen LogP contribution >= 0.6 is 0 Å². The molecule has 0 saturated carbocycles. The molecule has 112 valence electrons. The Morgan fingerprint density at radius 2 is 1.95 bits per heavy atom. The Kier molecular flexibility index (Phi) is 3.97. The molecule has 0 aliphatic rings. The Hall–Kier alpha value is -2.38. The highest BCUT2D eigenvalue weighted by atomic mass is 16.4. The molecule has 1 heterocycles. The summed E-state index contributed by atoms with van der Waals surface area (Å²) in [5.41, 5.74) is 4.41. The fourth-order valence-electron chi connectivity index (χ4n) is 2.23. The molecule has 1 aromatic carbocycles. The Bertz CT molecular complexity index is 648. The summed E-state index contributed by atoms with van der Waals surface area (Å²) in [5.74, 6) is -2.86. The molecular formula is C14H16N2O5. The summed E-state index contributed by atoms with van der Waals surface area (Å²) < 4.78 is 0. The van der Waals surface area contributed by atoms with Crippen LogP contribution in [0.25, 0.3) is 10.9 Å². The number of aliphatic hydroxyl groups is 1. The Labute approximate surface area is 120 Å². The lowest BCUT2D eigenvalue weighted by molar-refractivity contribution is -0.161. The van der Waals surface area contributed by atoms with Gasteiger partial charge in [0.2, 0.25) is 0 Å². The van der Waals surface area contributed by atoms with Crippen LogP contribution < -0.4 is 5.73 Å². The van der Waals surface area contributed by atoms with Gasteiger partial charge in [-0.2, -0.15) is 0 Å². The van der Waals surface area contributed by atoms with Crippen molar-refractivity contribution in [1.82, 2.24) is 4.98 Å². The van der Waals surface area contributed by atoms with Gasteiger partial charge in [-0.05, 0) is 17.5 Å². The van der Waals surface area contributed by atoms with Gasteiger partial charge in [0.1, 0.15) is 6.04 Å². The van der Waals surface area contributed by atoms with E-state index >= 15 is 0 Å². The molecule has 7 nitrogen and oxygen atoms in total. The normalized spacial score (nSPS) is 15.5. The molecule has 7 heteroatoms.